The molecule has 0 aliphatic heterocycles. The number of pyridine rings is 1. The van der Waals surface area contributed by atoms with E-state index in [9.17, 15) is 18.0 Å². The van der Waals surface area contributed by atoms with E-state index >= 15 is 0 Å². The Kier molecular flexibility index (Phi) is 9.89. The highest BCUT2D eigenvalue weighted by Crippen LogP contribution is 2.34. The van der Waals surface area contributed by atoms with Crippen LogP contribution in [0.15, 0.2) is 82.4 Å². The Labute approximate surface area is 234 Å². The second-order valence-corrected chi connectivity index (χ2v) is 9.73. The van der Waals surface area contributed by atoms with Crippen LogP contribution in [0.3, 0.4) is 0 Å². The average Bonchev–Trinajstić information content (AvgIpc) is 3.34. The van der Waals surface area contributed by atoms with Crippen molar-refractivity contribution in [2.45, 2.75) is 44.4 Å². The third-order valence-electron chi connectivity index (χ3n) is 5.95. The SMILES string of the molecule is CCOC(=O)COc1ccc(SOCc2cc(-c3ccc(C(F)(F)F)cc3)oc2CCc2ccncc2)cc1C. The number of aromatic nitrogens is 1. The molecule has 2 aromatic carbocycles. The van der Waals surface area contributed by atoms with Crippen molar-refractivity contribution in [2.75, 3.05) is 13.2 Å². The zero-order valence-electron chi connectivity index (χ0n) is 22.0. The van der Waals surface area contributed by atoms with E-state index < -0.39 is 17.7 Å². The Bertz CT molecular complexity index is 1410. The largest absolute Gasteiger partial charge is 0.482 e. The van der Waals surface area contributed by atoms with Crippen LogP contribution in [0.25, 0.3) is 11.3 Å². The molecule has 0 aliphatic rings. The Morgan fingerprint density at radius 1 is 1.00 bits per heavy atom. The molecular formula is C30H28F3NO5S. The number of alkyl halides is 3. The lowest BCUT2D eigenvalue weighted by Crippen LogP contribution is -2.14. The predicted octanol–water partition coefficient (Wildman–Crippen LogP) is 7.62. The number of rotatable bonds is 12. The van der Waals surface area contributed by atoms with Crippen LogP contribution in [-0.2, 0) is 39.3 Å². The van der Waals surface area contributed by atoms with Crippen LogP contribution in [0.5, 0.6) is 5.75 Å². The molecule has 10 heteroatoms. The summed E-state index contributed by atoms with van der Waals surface area (Å²) in [6.07, 6.45) is 0.327. The molecule has 0 saturated heterocycles. The van der Waals surface area contributed by atoms with Crippen LogP contribution in [0, 0.1) is 6.92 Å². The topological polar surface area (TPSA) is 70.8 Å². The quantitative estimate of drug-likeness (QED) is 0.128. The molecule has 0 unspecified atom stereocenters. The van der Waals surface area contributed by atoms with Crippen molar-refractivity contribution < 1.29 is 36.0 Å². The van der Waals surface area contributed by atoms with Gasteiger partial charge in [0.1, 0.15) is 17.3 Å². The second-order valence-electron chi connectivity index (χ2n) is 8.86. The summed E-state index contributed by atoms with van der Waals surface area (Å²) in [7, 11) is 0. The average molecular weight is 572 g/mol. The van der Waals surface area contributed by atoms with Gasteiger partial charge >= 0.3 is 12.1 Å². The van der Waals surface area contributed by atoms with E-state index in [1.54, 1.807) is 25.4 Å². The molecule has 2 heterocycles. The van der Waals surface area contributed by atoms with Crippen molar-refractivity contribution in [3.05, 3.63) is 101 Å². The van der Waals surface area contributed by atoms with Crippen LogP contribution >= 0.6 is 12.0 Å². The van der Waals surface area contributed by atoms with E-state index in [0.717, 1.165) is 33.7 Å². The van der Waals surface area contributed by atoms with E-state index in [0.29, 0.717) is 42.3 Å². The van der Waals surface area contributed by atoms with Gasteiger partial charge in [0.2, 0.25) is 0 Å². The van der Waals surface area contributed by atoms with Gasteiger partial charge in [-0.3, -0.25) is 4.98 Å². The highest BCUT2D eigenvalue weighted by atomic mass is 32.2. The van der Waals surface area contributed by atoms with Crippen LogP contribution < -0.4 is 4.74 Å². The number of carbonyl (C=O) groups is 1. The van der Waals surface area contributed by atoms with Crippen LogP contribution in [-0.4, -0.2) is 24.2 Å². The van der Waals surface area contributed by atoms with Gasteiger partial charge in [-0.05, 0) is 79.9 Å². The second kappa shape index (κ2) is 13.5. The maximum absolute atomic E-state index is 13.0. The monoisotopic (exact) mass is 571 g/mol. The molecule has 4 aromatic rings. The minimum absolute atomic E-state index is 0.165. The minimum Gasteiger partial charge on any atom is -0.482 e. The first-order valence-electron chi connectivity index (χ1n) is 12.6. The molecule has 0 amide bonds. The molecule has 0 saturated carbocycles. The molecular weight excluding hydrogens is 543 g/mol. The molecule has 0 spiro atoms. The summed E-state index contributed by atoms with van der Waals surface area (Å²) in [6, 6.07) is 16.0. The summed E-state index contributed by atoms with van der Waals surface area (Å²) in [6.45, 7) is 3.96. The number of carbonyl (C=O) groups excluding carboxylic acids is 1. The molecule has 0 N–H and O–H groups in total. The van der Waals surface area contributed by atoms with Crippen LogP contribution in [0.1, 0.15) is 34.9 Å². The van der Waals surface area contributed by atoms with Gasteiger partial charge < -0.3 is 18.1 Å². The van der Waals surface area contributed by atoms with Gasteiger partial charge in [-0.25, -0.2) is 4.79 Å². The molecule has 2 aromatic heterocycles. The Balaban J connectivity index is 1.44. The fraction of sp³-hybridized carbons (Fsp3) is 0.267. The van der Waals surface area contributed by atoms with Crippen molar-refractivity contribution in [1.29, 1.82) is 0 Å². The molecule has 0 fully saturated rings. The zero-order valence-corrected chi connectivity index (χ0v) is 22.8. The zero-order chi connectivity index (χ0) is 28.5. The molecule has 0 radical (unpaired) electrons. The highest BCUT2D eigenvalue weighted by Gasteiger charge is 2.30. The number of esters is 1. The lowest BCUT2D eigenvalue weighted by atomic mass is 10.1. The summed E-state index contributed by atoms with van der Waals surface area (Å²) in [5, 5.41) is 0. The van der Waals surface area contributed by atoms with Gasteiger partial charge in [0.15, 0.2) is 6.61 Å². The van der Waals surface area contributed by atoms with Crippen molar-refractivity contribution in [3.8, 4) is 17.1 Å². The Morgan fingerprint density at radius 3 is 2.42 bits per heavy atom. The molecule has 0 atom stereocenters. The molecule has 0 aliphatic carbocycles. The summed E-state index contributed by atoms with van der Waals surface area (Å²) in [5.74, 6) is 1.32. The lowest BCUT2D eigenvalue weighted by molar-refractivity contribution is -0.145. The first-order valence-corrected chi connectivity index (χ1v) is 13.3. The first kappa shape index (κ1) is 29.2. The Morgan fingerprint density at radius 2 is 1.75 bits per heavy atom. The molecule has 6 nitrogen and oxygen atoms in total. The van der Waals surface area contributed by atoms with E-state index in [2.05, 4.69) is 4.98 Å². The van der Waals surface area contributed by atoms with Crippen molar-refractivity contribution >= 4 is 18.0 Å². The maximum Gasteiger partial charge on any atom is 0.416 e. The molecule has 0 bridgehead atoms. The lowest BCUT2D eigenvalue weighted by Gasteiger charge is -2.10. The third kappa shape index (κ3) is 8.12. The molecule has 40 heavy (non-hydrogen) atoms. The summed E-state index contributed by atoms with van der Waals surface area (Å²) < 4.78 is 61.4. The number of hydrogen-bond acceptors (Lipinski definition) is 7. The summed E-state index contributed by atoms with van der Waals surface area (Å²) in [4.78, 5) is 16.4. The van der Waals surface area contributed by atoms with E-state index in [-0.39, 0.29) is 13.2 Å². The smallest absolute Gasteiger partial charge is 0.416 e. The number of aryl methyl sites for hydroxylation is 3. The maximum atomic E-state index is 13.0. The van der Waals surface area contributed by atoms with E-state index in [1.165, 1.54) is 24.2 Å². The summed E-state index contributed by atoms with van der Waals surface area (Å²) in [5.41, 5.74) is 2.57. The number of benzene rings is 2. The van der Waals surface area contributed by atoms with Gasteiger partial charge in [-0.2, -0.15) is 13.2 Å². The number of nitrogens with zero attached hydrogens (tertiary/aromatic N) is 1. The normalized spacial score (nSPS) is 11.4. The number of furan rings is 1. The molecule has 4 rings (SSSR count). The molecule has 210 valence electrons. The predicted molar refractivity (Wildman–Crippen MR) is 145 cm³/mol. The van der Waals surface area contributed by atoms with Gasteiger partial charge in [0, 0.05) is 46.9 Å². The van der Waals surface area contributed by atoms with Crippen LogP contribution in [0.4, 0.5) is 13.2 Å². The van der Waals surface area contributed by atoms with Gasteiger partial charge in [-0.15, -0.1) is 0 Å². The number of ether oxygens (including phenoxy) is 2. The first-order chi connectivity index (χ1) is 19.2. The van der Waals surface area contributed by atoms with Crippen molar-refractivity contribution in [2.24, 2.45) is 0 Å². The van der Waals surface area contributed by atoms with Gasteiger partial charge in [-0.1, -0.05) is 12.1 Å². The van der Waals surface area contributed by atoms with Crippen LogP contribution in [0.2, 0.25) is 0 Å². The number of halogens is 3. The van der Waals surface area contributed by atoms with E-state index in [1.807, 2.05) is 37.3 Å². The highest BCUT2D eigenvalue weighted by molar-refractivity contribution is 7.94. The van der Waals surface area contributed by atoms with E-state index in [4.69, 9.17) is 18.1 Å². The van der Waals surface area contributed by atoms with Crippen molar-refractivity contribution in [1.82, 2.24) is 4.98 Å². The number of hydrogen-bond donors (Lipinski definition) is 0. The fourth-order valence-electron chi connectivity index (χ4n) is 3.91. The van der Waals surface area contributed by atoms with Gasteiger partial charge in [0.05, 0.1) is 18.8 Å². The Hall–Kier alpha value is -3.76. The summed E-state index contributed by atoms with van der Waals surface area (Å²) >= 11 is 1.18. The third-order valence-corrected chi connectivity index (χ3v) is 6.63. The standard InChI is InChI=1S/C30H28F3NO5S/c1-3-36-29(35)19-37-26-11-9-25(16-20(26)2)40-38-18-23-17-28(22-5-7-24(8-6-22)30(31,32)33)39-27(23)10-4-21-12-14-34-15-13-21/h5-9,11-17H,3-4,10,18-19H2,1-2H3. The van der Waals surface area contributed by atoms with Crippen molar-refractivity contribution in [3.63, 3.8) is 0 Å². The minimum atomic E-state index is -4.41. The van der Waals surface area contributed by atoms with Gasteiger partial charge in [0.25, 0.3) is 0 Å². The fourth-order valence-corrected chi connectivity index (χ4v) is 4.58.